The molecule has 22 heavy (non-hydrogen) atoms. The van der Waals surface area contributed by atoms with E-state index in [0.717, 1.165) is 5.92 Å². The van der Waals surface area contributed by atoms with Gasteiger partial charge in [0.15, 0.2) is 0 Å². The monoisotopic (exact) mass is 296 g/mol. The van der Waals surface area contributed by atoms with Crippen LogP contribution < -0.4 is 0 Å². The van der Waals surface area contributed by atoms with Crippen LogP contribution in [0.2, 0.25) is 0 Å². The molecule has 1 N–H and O–H groups in total. The molecule has 0 amide bonds. The Morgan fingerprint density at radius 2 is 1.55 bits per heavy atom. The van der Waals surface area contributed by atoms with Crippen molar-refractivity contribution in [3.8, 4) is 0 Å². The van der Waals surface area contributed by atoms with E-state index in [-0.39, 0.29) is 5.41 Å². The second kappa shape index (κ2) is 4.60. The van der Waals surface area contributed by atoms with Crippen LogP contribution in [0.3, 0.4) is 0 Å². The van der Waals surface area contributed by atoms with Crippen molar-refractivity contribution in [2.45, 2.75) is 75.7 Å². The van der Waals surface area contributed by atoms with E-state index in [0.29, 0.717) is 11.8 Å². The molecular weight excluding hydrogens is 268 g/mol. The Morgan fingerprint density at radius 3 is 2.41 bits per heavy atom. The van der Waals surface area contributed by atoms with Crippen molar-refractivity contribution in [2.24, 2.45) is 17.3 Å². The summed E-state index contributed by atoms with van der Waals surface area (Å²) >= 11 is 0. The van der Waals surface area contributed by atoms with Crippen molar-refractivity contribution in [3.05, 3.63) is 35.4 Å². The van der Waals surface area contributed by atoms with E-state index in [4.69, 9.17) is 0 Å². The number of hydrogen-bond acceptors (Lipinski definition) is 1. The van der Waals surface area contributed by atoms with E-state index >= 15 is 0 Å². The first kappa shape index (κ1) is 13.6. The van der Waals surface area contributed by atoms with E-state index in [1.54, 1.807) is 0 Å². The molecule has 0 aromatic heterocycles. The molecule has 0 saturated heterocycles. The second-order valence-electron chi connectivity index (χ2n) is 8.40. The van der Waals surface area contributed by atoms with Gasteiger partial charge in [0.05, 0.1) is 5.60 Å². The van der Waals surface area contributed by atoms with Crippen LogP contribution >= 0.6 is 0 Å². The Hall–Kier alpha value is -0.820. The Bertz CT molecular complexity index is 593. The molecule has 118 valence electrons. The second-order valence-corrected chi connectivity index (χ2v) is 8.40. The van der Waals surface area contributed by atoms with Crippen LogP contribution in [0.4, 0.5) is 0 Å². The van der Waals surface area contributed by atoms with Gasteiger partial charge in [-0.3, -0.25) is 0 Å². The summed E-state index contributed by atoms with van der Waals surface area (Å²) in [6.45, 7) is 0. The maximum absolute atomic E-state index is 12.0. The molecule has 5 atom stereocenters. The van der Waals surface area contributed by atoms with Crippen LogP contribution in [0.5, 0.6) is 0 Å². The topological polar surface area (TPSA) is 20.2 Å². The molecule has 0 aliphatic heterocycles. The minimum absolute atomic E-state index is 0.205. The van der Waals surface area contributed by atoms with Crippen molar-refractivity contribution in [2.75, 3.05) is 0 Å². The van der Waals surface area contributed by atoms with Gasteiger partial charge in [0.25, 0.3) is 0 Å². The van der Waals surface area contributed by atoms with Crippen LogP contribution in [0.15, 0.2) is 24.3 Å². The number of fused-ring (bicyclic) bond motifs is 5. The zero-order valence-corrected chi connectivity index (χ0v) is 13.6. The first-order chi connectivity index (χ1) is 10.8. The minimum Gasteiger partial charge on any atom is -0.384 e. The van der Waals surface area contributed by atoms with Crippen molar-refractivity contribution < 1.29 is 5.11 Å². The molecule has 0 radical (unpaired) electrons. The summed E-state index contributed by atoms with van der Waals surface area (Å²) in [5.74, 6) is 1.97. The van der Waals surface area contributed by atoms with Gasteiger partial charge in [-0.1, -0.05) is 62.8 Å². The molecule has 1 spiro atoms. The quantitative estimate of drug-likeness (QED) is 0.703. The Kier molecular flexibility index (Phi) is 2.84. The normalized spacial score (nSPS) is 46.3. The van der Waals surface area contributed by atoms with Gasteiger partial charge in [0.1, 0.15) is 0 Å². The largest absolute Gasteiger partial charge is 0.384 e. The third-order valence-corrected chi connectivity index (χ3v) is 7.88. The van der Waals surface area contributed by atoms with E-state index in [1.807, 2.05) is 0 Å². The van der Waals surface area contributed by atoms with Crippen molar-refractivity contribution >= 4 is 0 Å². The van der Waals surface area contributed by atoms with Gasteiger partial charge < -0.3 is 5.11 Å². The van der Waals surface area contributed by atoms with Crippen LogP contribution in [0.1, 0.15) is 81.3 Å². The standard InChI is InChI=1S/C21H28O/c22-21-17-11-6-5-9-15(17)16-10-7-8-14-20(16,21)18-12-3-1-2-4-13-19(18)21/h5-6,9,11,16,18-19,22H,1-4,7-8,10,12-14H2. The zero-order valence-electron chi connectivity index (χ0n) is 13.6. The highest BCUT2D eigenvalue weighted by Gasteiger charge is 2.76. The summed E-state index contributed by atoms with van der Waals surface area (Å²) in [4.78, 5) is 0. The highest BCUT2D eigenvalue weighted by atomic mass is 16.3. The third kappa shape index (κ3) is 1.36. The molecule has 0 bridgehead atoms. The van der Waals surface area contributed by atoms with E-state index in [9.17, 15) is 5.11 Å². The molecule has 4 aliphatic rings. The van der Waals surface area contributed by atoms with Gasteiger partial charge in [-0.05, 0) is 54.6 Å². The summed E-state index contributed by atoms with van der Waals surface area (Å²) in [5.41, 5.74) is 2.55. The third-order valence-electron chi connectivity index (χ3n) is 7.88. The fourth-order valence-corrected chi connectivity index (χ4v) is 7.26. The van der Waals surface area contributed by atoms with Crippen LogP contribution in [-0.4, -0.2) is 5.11 Å². The van der Waals surface area contributed by atoms with E-state index in [2.05, 4.69) is 24.3 Å². The van der Waals surface area contributed by atoms with Gasteiger partial charge in [-0.25, -0.2) is 0 Å². The van der Waals surface area contributed by atoms with E-state index < -0.39 is 5.60 Å². The van der Waals surface area contributed by atoms with Gasteiger partial charge in [-0.2, -0.15) is 0 Å². The summed E-state index contributed by atoms with van der Waals surface area (Å²) in [5, 5.41) is 12.0. The van der Waals surface area contributed by atoms with Gasteiger partial charge >= 0.3 is 0 Å². The Labute approximate surface area is 134 Å². The Balaban J connectivity index is 1.68. The summed E-state index contributed by atoms with van der Waals surface area (Å²) in [7, 11) is 0. The lowest BCUT2D eigenvalue weighted by atomic mass is 9.37. The lowest BCUT2D eigenvalue weighted by Gasteiger charge is -2.68. The molecule has 1 nitrogen and oxygen atoms in total. The minimum atomic E-state index is -0.489. The van der Waals surface area contributed by atoms with Gasteiger partial charge in [0, 0.05) is 5.41 Å². The van der Waals surface area contributed by atoms with Crippen molar-refractivity contribution in [3.63, 3.8) is 0 Å². The lowest BCUT2D eigenvalue weighted by Crippen LogP contribution is -2.68. The number of hydrogen-bond donors (Lipinski definition) is 1. The number of rotatable bonds is 0. The maximum atomic E-state index is 12.0. The Morgan fingerprint density at radius 1 is 0.818 bits per heavy atom. The molecule has 1 aromatic carbocycles. The highest BCUT2D eigenvalue weighted by molar-refractivity contribution is 5.50. The molecule has 5 unspecified atom stereocenters. The molecule has 0 heterocycles. The molecule has 1 heteroatoms. The fraction of sp³-hybridized carbons (Fsp3) is 0.714. The maximum Gasteiger partial charge on any atom is 0.0994 e. The molecule has 3 saturated carbocycles. The first-order valence-corrected chi connectivity index (χ1v) is 9.62. The van der Waals surface area contributed by atoms with Crippen LogP contribution in [0.25, 0.3) is 0 Å². The highest BCUT2D eigenvalue weighted by Crippen LogP contribution is 2.79. The zero-order chi connectivity index (χ0) is 14.8. The lowest BCUT2D eigenvalue weighted by molar-refractivity contribution is -0.288. The SMILES string of the molecule is OC12c3ccccc3C3CCCCC31C1CCCCCCC12. The molecule has 4 aliphatic carbocycles. The smallest absolute Gasteiger partial charge is 0.0994 e. The van der Waals surface area contributed by atoms with Gasteiger partial charge in [-0.15, -0.1) is 0 Å². The predicted molar refractivity (Wildman–Crippen MR) is 88.7 cm³/mol. The average Bonchev–Trinajstić information content (AvgIpc) is 2.72. The molecular formula is C21H28O. The predicted octanol–water partition coefficient (Wildman–Crippen LogP) is 5.13. The van der Waals surface area contributed by atoms with E-state index in [1.165, 1.54) is 75.3 Å². The van der Waals surface area contributed by atoms with Crippen molar-refractivity contribution in [1.29, 1.82) is 0 Å². The van der Waals surface area contributed by atoms with Crippen LogP contribution in [-0.2, 0) is 5.60 Å². The average molecular weight is 296 g/mol. The summed E-state index contributed by atoms with van der Waals surface area (Å²) in [6.07, 6.45) is 13.4. The fourth-order valence-electron chi connectivity index (χ4n) is 7.26. The number of benzene rings is 1. The molecule has 3 fully saturated rings. The van der Waals surface area contributed by atoms with Gasteiger partial charge in [0.2, 0.25) is 0 Å². The molecule has 1 aromatic rings. The summed E-state index contributed by atoms with van der Waals surface area (Å²) < 4.78 is 0. The van der Waals surface area contributed by atoms with Crippen molar-refractivity contribution in [1.82, 2.24) is 0 Å². The summed E-state index contributed by atoms with van der Waals surface area (Å²) in [6, 6.07) is 8.93. The van der Waals surface area contributed by atoms with Crippen LogP contribution in [0, 0.1) is 17.3 Å². The number of aliphatic hydroxyl groups is 1. The first-order valence-electron chi connectivity index (χ1n) is 9.62. The molecule has 5 rings (SSSR count).